The minimum atomic E-state index is 0. The number of hydrogen-bond donors (Lipinski definition) is 0. The van der Waals surface area contributed by atoms with Gasteiger partial charge in [-0.2, -0.15) is 0 Å². The Morgan fingerprint density at radius 1 is 0.722 bits per heavy atom. The van der Waals surface area contributed by atoms with Crippen molar-refractivity contribution >= 4 is 46.4 Å². The Kier molecular flexibility index (Phi) is 9.57. The van der Waals surface area contributed by atoms with Crippen LogP contribution in [0.1, 0.15) is 2.85 Å². The Balaban J connectivity index is -0.000000722. The average molecular weight is 340 g/mol. The van der Waals surface area contributed by atoms with E-state index in [1.165, 1.54) is 0 Å². The summed E-state index contributed by atoms with van der Waals surface area (Å²) >= 11 is 24.0. The quantitative estimate of drug-likeness (QED) is 0.395. The molecule has 2 aromatic carbocycles. The molecule has 0 heterocycles. The van der Waals surface area contributed by atoms with Crippen LogP contribution in [0.25, 0.3) is 11.1 Å². The first kappa shape index (κ1) is 19.6. The van der Waals surface area contributed by atoms with Gasteiger partial charge in [-0.3, -0.25) is 0 Å². The molecule has 86 valence electrons. The maximum Gasteiger partial charge on any atom is 1.00 e. The summed E-state index contributed by atoms with van der Waals surface area (Å²) in [4.78, 5) is 0. The van der Waals surface area contributed by atoms with E-state index in [2.05, 4.69) is 0 Å². The first-order chi connectivity index (χ1) is 7.61. The molecule has 0 aromatic heterocycles. The van der Waals surface area contributed by atoms with Crippen LogP contribution in [0.15, 0.2) is 36.4 Å². The van der Waals surface area contributed by atoms with Crippen molar-refractivity contribution in [3.63, 3.8) is 0 Å². The normalized spacial score (nSPS) is 9.33. The van der Waals surface area contributed by atoms with Crippen molar-refractivity contribution in [2.45, 2.75) is 0 Å². The summed E-state index contributed by atoms with van der Waals surface area (Å²) in [6, 6.07) is 11.3. The van der Waals surface area contributed by atoms with Gasteiger partial charge in [0.05, 0.1) is 20.1 Å². The molecule has 6 heteroatoms. The Hall–Kier alpha value is 1.60. The van der Waals surface area contributed by atoms with Crippen LogP contribution in [0, 0.1) is 0 Å². The van der Waals surface area contributed by atoms with Crippen LogP contribution in [0.2, 0.25) is 20.1 Å². The summed E-state index contributed by atoms with van der Waals surface area (Å²) in [5.41, 5.74) is 1.73. The molecule has 2 aromatic rings. The molecular formula is C12H8Cl4Na2. The topological polar surface area (TPSA) is 0 Å². The molecule has 0 radical (unpaired) electrons. The summed E-state index contributed by atoms with van der Waals surface area (Å²) in [7, 11) is 0. The minimum absolute atomic E-state index is 0. The second kappa shape index (κ2) is 8.79. The van der Waals surface area contributed by atoms with E-state index in [0.717, 1.165) is 11.1 Å². The molecule has 0 aliphatic rings. The zero-order valence-corrected chi connectivity index (χ0v) is 17.0. The molecule has 2 rings (SSSR count). The van der Waals surface area contributed by atoms with Gasteiger partial charge in [0.1, 0.15) is 0 Å². The van der Waals surface area contributed by atoms with Crippen molar-refractivity contribution in [1.29, 1.82) is 0 Å². The van der Waals surface area contributed by atoms with Crippen molar-refractivity contribution in [3.8, 4) is 11.1 Å². The van der Waals surface area contributed by atoms with Gasteiger partial charge in [0.2, 0.25) is 0 Å². The summed E-state index contributed by atoms with van der Waals surface area (Å²) in [6.07, 6.45) is 0. The third-order valence-corrected chi connectivity index (χ3v) is 3.94. The zero-order chi connectivity index (χ0) is 11.7. The first-order valence-corrected chi connectivity index (χ1v) is 6.01. The minimum Gasteiger partial charge on any atom is -1.00 e. The van der Waals surface area contributed by atoms with E-state index in [1.54, 1.807) is 6.07 Å². The van der Waals surface area contributed by atoms with Gasteiger partial charge >= 0.3 is 59.1 Å². The van der Waals surface area contributed by atoms with Crippen molar-refractivity contribution in [3.05, 3.63) is 56.5 Å². The van der Waals surface area contributed by atoms with Gasteiger partial charge in [0, 0.05) is 5.56 Å². The molecule has 0 bridgehead atoms. The Labute approximate surface area is 173 Å². The van der Waals surface area contributed by atoms with Crippen LogP contribution in [0.3, 0.4) is 0 Å². The average Bonchev–Trinajstić information content (AvgIpc) is 2.32. The van der Waals surface area contributed by atoms with Crippen LogP contribution < -0.4 is 59.1 Å². The molecule has 0 saturated heterocycles. The van der Waals surface area contributed by atoms with Gasteiger partial charge in [-0.1, -0.05) is 76.7 Å². The van der Waals surface area contributed by atoms with Crippen molar-refractivity contribution < 1.29 is 62.0 Å². The largest absolute Gasteiger partial charge is 1.00 e. The van der Waals surface area contributed by atoms with E-state index in [4.69, 9.17) is 46.4 Å². The Morgan fingerprint density at radius 3 is 1.83 bits per heavy atom. The maximum atomic E-state index is 6.13. The molecule has 0 aliphatic carbocycles. The van der Waals surface area contributed by atoms with Gasteiger partial charge in [0.15, 0.2) is 0 Å². The van der Waals surface area contributed by atoms with Gasteiger partial charge in [-0.25, -0.2) is 0 Å². The Bertz CT molecular complexity index is 539. The fourth-order valence-corrected chi connectivity index (χ4v) is 2.31. The summed E-state index contributed by atoms with van der Waals surface area (Å²) < 4.78 is 0. The number of halogens is 4. The molecule has 0 N–H and O–H groups in total. The van der Waals surface area contributed by atoms with E-state index >= 15 is 0 Å². The SMILES string of the molecule is Clc1cc(-c2ccccc2)c(Cl)c(Cl)c1Cl.[H-].[H-].[Na+].[Na+]. The molecule has 0 atom stereocenters. The van der Waals surface area contributed by atoms with Gasteiger partial charge in [-0.05, 0) is 11.6 Å². The first-order valence-electron chi connectivity index (χ1n) is 4.49. The molecular weight excluding hydrogens is 332 g/mol. The molecule has 0 fully saturated rings. The standard InChI is InChI=1S/C12H6Cl4.2Na.2H/c13-9-6-8(7-4-2-1-3-5-7)10(14)12(16)11(9)15;;;;/h1-6H;;;;/q;2*+1;2*-1. The summed E-state index contributed by atoms with van der Waals surface area (Å²) in [6.45, 7) is 0. The third kappa shape index (κ3) is 4.30. The maximum absolute atomic E-state index is 6.13. The second-order valence-corrected chi connectivity index (χ2v) is 4.76. The second-order valence-electron chi connectivity index (χ2n) is 3.21. The van der Waals surface area contributed by atoms with Gasteiger partial charge in [0.25, 0.3) is 0 Å². The van der Waals surface area contributed by atoms with Crippen LogP contribution in [0.5, 0.6) is 0 Å². The van der Waals surface area contributed by atoms with E-state index in [9.17, 15) is 0 Å². The van der Waals surface area contributed by atoms with Crippen molar-refractivity contribution in [1.82, 2.24) is 0 Å². The molecule has 0 aliphatic heterocycles. The Morgan fingerprint density at radius 2 is 1.28 bits per heavy atom. The molecule has 0 nitrogen and oxygen atoms in total. The predicted molar refractivity (Wildman–Crippen MR) is 74.1 cm³/mol. The van der Waals surface area contributed by atoms with Crippen LogP contribution >= 0.6 is 46.4 Å². The zero-order valence-electron chi connectivity index (χ0n) is 12.0. The van der Waals surface area contributed by atoms with Crippen LogP contribution in [-0.4, -0.2) is 0 Å². The van der Waals surface area contributed by atoms with Crippen LogP contribution in [-0.2, 0) is 0 Å². The van der Waals surface area contributed by atoms with E-state index in [-0.39, 0.29) is 72.0 Å². The molecule has 18 heavy (non-hydrogen) atoms. The van der Waals surface area contributed by atoms with Gasteiger partial charge in [-0.15, -0.1) is 0 Å². The smallest absolute Gasteiger partial charge is 1.00 e. The molecule has 0 spiro atoms. The fourth-order valence-electron chi connectivity index (χ4n) is 1.40. The van der Waals surface area contributed by atoms with E-state index in [0.29, 0.717) is 10.0 Å². The summed E-state index contributed by atoms with van der Waals surface area (Å²) in [5.74, 6) is 0. The molecule has 0 amide bonds. The molecule has 0 unspecified atom stereocenters. The fraction of sp³-hybridized carbons (Fsp3) is 0. The summed E-state index contributed by atoms with van der Waals surface area (Å²) in [5, 5.41) is 1.39. The number of benzene rings is 2. The van der Waals surface area contributed by atoms with Gasteiger partial charge < -0.3 is 2.85 Å². The predicted octanol–water partition coefficient (Wildman–Crippen LogP) is 0.200. The van der Waals surface area contributed by atoms with Crippen LogP contribution in [0.4, 0.5) is 0 Å². The van der Waals surface area contributed by atoms with Crippen molar-refractivity contribution in [2.24, 2.45) is 0 Å². The third-order valence-electron chi connectivity index (χ3n) is 2.19. The number of rotatable bonds is 1. The number of hydrogen-bond acceptors (Lipinski definition) is 0. The van der Waals surface area contributed by atoms with E-state index in [1.807, 2.05) is 30.3 Å². The molecule has 0 saturated carbocycles. The van der Waals surface area contributed by atoms with Crippen molar-refractivity contribution in [2.75, 3.05) is 0 Å². The van der Waals surface area contributed by atoms with E-state index < -0.39 is 0 Å². The monoisotopic (exact) mass is 338 g/mol.